The van der Waals surface area contributed by atoms with Crippen molar-refractivity contribution in [2.24, 2.45) is 0 Å². The number of aromatic amines is 1. The van der Waals surface area contributed by atoms with Crippen LogP contribution in [0.25, 0.3) is 11.4 Å². The summed E-state index contributed by atoms with van der Waals surface area (Å²) < 4.78 is 7.20. The zero-order chi connectivity index (χ0) is 20.1. The molecule has 0 spiro atoms. The van der Waals surface area contributed by atoms with Crippen molar-refractivity contribution in [1.82, 2.24) is 20.1 Å². The number of H-pyrrole nitrogens is 1. The van der Waals surface area contributed by atoms with E-state index in [4.69, 9.17) is 40.2 Å². The van der Waals surface area contributed by atoms with Crippen LogP contribution in [0.3, 0.4) is 0 Å². The number of nitrogens with zero attached hydrogens (tertiary/aromatic N) is 2. The van der Waals surface area contributed by atoms with Crippen LogP contribution in [0.15, 0.2) is 42.5 Å². The van der Waals surface area contributed by atoms with Crippen LogP contribution in [0, 0.1) is 4.77 Å². The largest absolute Gasteiger partial charge is 0.497 e. The van der Waals surface area contributed by atoms with Crippen molar-refractivity contribution < 1.29 is 9.53 Å². The second-order valence-electron chi connectivity index (χ2n) is 6.00. The van der Waals surface area contributed by atoms with Gasteiger partial charge in [-0.2, -0.15) is 5.10 Å². The number of benzene rings is 2. The third-order valence-corrected chi connectivity index (χ3v) is 5.04. The van der Waals surface area contributed by atoms with Crippen molar-refractivity contribution in [1.29, 1.82) is 0 Å². The fourth-order valence-electron chi connectivity index (χ4n) is 2.69. The smallest absolute Gasteiger partial charge is 0.240 e. The summed E-state index contributed by atoms with van der Waals surface area (Å²) in [5, 5.41) is 11.0. The second kappa shape index (κ2) is 9.23. The van der Waals surface area contributed by atoms with Gasteiger partial charge in [0.25, 0.3) is 0 Å². The Balaban J connectivity index is 1.64. The summed E-state index contributed by atoms with van der Waals surface area (Å²) in [6.45, 7) is 0.508. The maximum Gasteiger partial charge on any atom is 0.240 e. The molecule has 0 radical (unpaired) electrons. The summed E-state index contributed by atoms with van der Waals surface area (Å²) in [5.74, 6) is 1.16. The third-order valence-electron chi connectivity index (χ3n) is 4.14. The lowest BCUT2D eigenvalue weighted by molar-refractivity contribution is -0.121. The van der Waals surface area contributed by atoms with Crippen molar-refractivity contribution in [3.05, 3.63) is 62.8 Å². The molecule has 28 heavy (non-hydrogen) atoms. The molecule has 0 unspecified atom stereocenters. The third kappa shape index (κ3) is 4.92. The molecule has 0 aliphatic heterocycles. The van der Waals surface area contributed by atoms with Gasteiger partial charge in [-0.25, -0.2) is 0 Å². The van der Waals surface area contributed by atoms with Gasteiger partial charge in [-0.05, 0) is 60.6 Å². The lowest BCUT2D eigenvalue weighted by Gasteiger charge is -2.09. The van der Waals surface area contributed by atoms with Gasteiger partial charge < -0.3 is 10.1 Å². The number of ether oxygens (including phenoxy) is 1. The topological polar surface area (TPSA) is 71.9 Å². The predicted molar refractivity (Wildman–Crippen MR) is 113 cm³/mol. The Kier molecular flexibility index (Phi) is 6.72. The molecule has 0 atom stereocenters. The molecule has 1 amide bonds. The molecule has 0 aliphatic carbocycles. The highest BCUT2D eigenvalue weighted by Crippen LogP contribution is 2.22. The number of methoxy groups -OCH3 is 1. The van der Waals surface area contributed by atoms with E-state index in [1.165, 1.54) is 0 Å². The van der Waals surface area contributed by atoms with Crippen molar-refractivity contribution in [2.45, 2.75) is 13.0 Å². The lowest BCUT2D eigenvalue weighted by Crippen LogP contribution is -2.29. The number of amides is 1. The van der Waals surface area contributed by atoms with E-state index >= 15 is 0 Å². The van der Waals surface area contributed by atoms with E-state index in [-0.39, 0.29) is 12.5 Å². The SMILES string of the molecule is COc1ccc(-c2n[nH]c(=S)n2CC(=O)NCCc2ccc(Cl)cc2Cl)cc1. The highest BCUT2D eigenvalue weighted by molar-refractivity contribution is 7.71. The molecule has 0 fully saturated rings. The molecule has 2 N–H and O–H groups in total. The van der Waals surface area contributed by atoms with E-state index in [0.717, 1.165) is 16.9 Å². The van der Waals surface area contributed by atoms with Crippen molar-refractivity contribution in [3.63, 3.8) is 0 Å². The number of carbonyl (C=O) groups is 1. The van der Waals surface area contributed by atoms with Crippen LogP contribution in [0.5, 0.6) is 5.75 Å². The van der Waals surface area contributed by atoms with Crippen LogP contribution in [0.1, 0.15) is 5.56 Å². The highest BCUT2D eigenvalue weighted by Gasteiger charge is 2.12. The molecule has 1 heterocycles. The van der Waals surface area contributed by atoms with Gasteiger partial charge in [0.15, 0.2) is 10.6 Å². The normalized spacial score (nSPS) is 10.7. The number of halogens is 2. The van der Waals surface area contributed by atoms with E-state index in [1.54, 1.807) is 23.8 Å². The van der Waals surface area contributed by atoms with Gasteiger partial charge in [-0.1, -0.05) is 29.3 Å². The molecular formula is C19H18Cl2N4O2S. The lowest BCUT2D eigenvalue weighted by atomic mass is 10.1. The van der Waals surface area contributed by atoms with Crippen molar-refractivity contribution in [2.75, 3.05) is 13.7 Å². The number of rotatable bonds is 7. The molecule has 146 valence electrons. The molecule has 0 aliphatic rings. The van der Waals surface area contributed by atoms with Crippen LogP contribution in [-0.4, -0.2) is 34.3 Å². The van der Waals surface area contributed by atoms with E-state index in [0.29, 0.717) is 33.6 Å². The fourth-order valence-corrected chi connectivity index (χ4v) is 3.39. The Morgan fingerprint density at radius 1 is 1.25 bits per heavy atom. The predicted octanol–water partition coefficient (Wildman–Crippen LogP) is 4.28. The van der Waals surface area contributed by atoms with E-state index < -0.39 is 0 Å². The average molecular weight is 437 g/mol. The zero-order valence-corrected chi connectivity index (χ0v) is 17.4. The van der Waals surface area contributed by atoms with Crippen molar-refractivity contribution in [3.8, 4) is 17.1 Å². The van der Waals surface area contributed by atoms with Gasteiger partial charge >= 0.3 is 0 Å². The first-order chi connectivity index (χ1) is 13.5. The van der Waals surface area contributed by atoms with E-state index in [9.17, 15) is 4.79 Å². The minimum absolute atomic E-state index is 0.0606. The number of carbonyl (C=O) groups excluding carboxylic acids is 1. The number of hydrogen-bond acceptors (Lipinski definition) is 4. The van der Waals surface area contributed by atoms with E-state index in [1.807, 2.05) is 30.3 Å². The first-order valence-electron chi connectivity index (χ1n) is 8.48. The standard InChI is InChI=1S/C19H18Cl2N4O2S/c1-27-15-6-3-13(4-7-15)18-23-24-19(28)25(18)11-17(26)22-9-8-12-2-5-14(20)10-16(12)21/h2-7,10H,8-9,11H2,1H3,(H,22,26)(H,24,28). The molecule has 0 bridgehead atoms. The van der Waals surface area contributed by atoms with Gasteiger partial charge in [0.2, 0.25) is 5.91 Å². The molecule has 0 saturated carbocycles. The molecule has 3 aromatic rings. The Morgan fingerprint density at radius 2 is 2.00 bits per heavy atom. The Morgan fingerprint density at radius 3 is 2.68 bits per heavy atom. The minimum atomic E-state index is -0.169. The Bertz CT molecular complexity index is 1030. The molecule has 6 nitrogen and oxygen atoms in total. The highest BCUT2D eigenvalue weighted by atomic mass is 35.5. The monoisotopic (exact) mass is 436 g/mol. The number of hydrogen-bond donors (Lipinski definition) is 2. The molecule has 3 rings (SSSR count). The van der Waals surface area contributed by atoms with Crippen LogP contribution >= 0.6 is 35.4 Å². The van der Waals surface area contributed by atoms with Gasteiger partial charge in [-0.15, -0.1) is 0 Å². The minimum Gasteiger partial charge on any atom is -0.497 e. The Hall–Kier alpha value is -2.35. The first-order valence-corrected chi connectivity index (χ1v) is 9.64. The molecule has 9 heteroatoms. The summed E-state index contributed by atoms with van der Waals surface area (Å²) in [6, 6.07) is 12.7. The van der Waals surface area contributed by atoms with Crippen molar-refractivity contribution >= 4 is 41.3 Å². The number of nitrogens with one attached hydrogen (secondary N) is 2. The van der Waals surface area contributed by atoms with Gasteiger partial charge in [-0.3, -0.25) is 14.5 Å². The fraction of sp³-hybridized carbons (Fsp3) is 0.211. The zero-order valence-electron chi connectivity index (χ0n) is 15.0. The summed E-state index contributed by atoms with van der Waals surface area (Å²) in [4.78, 5) is 12.4. The van der Waals surface area contributed by atoms with Crippen LogP contribution in [-0.2, 0) is 17.8 Å². The summed E-state index contributed by atoms with van der Waals surface area (Å²) in [6.07, 6.45) is 0.601. The quantitative estimate of drug-likeness (QED) is 0.542. The van der Waals surface area contributed by atoms with Crippen LogP contribution < -0.4 is 10.1 Å². The number of aromatic nitrogens is 3. The summed E-state index contributed by atoms with van der Waals surface area (Å²) in [5.41, 5.74) is 1.75. The van der Waals surface area contributed by atoms with Gasteiger partial charge in [0.05, 0.1) is 7.11 Å². The van der Waals surface area contributed by atoms with Gasteiger partial charge in [0, 0.05) is 22.2 Å². The summed E-state index contributed by atoms with van der Waals surface area (Å²) in [7, 11) is 1.60. The maximum absolute atomic E-state index is 12.4. The van der Waals surface area contributed by atoms with E-state index in [2.05, 4.69) is 15.5 Å². The van der Waals surface area contributed by atoms with Gasteiger partial charge in [0.1, 0.15) is 12.3 Å². The molecule has 0 saturated heterocycles. The molecule has 2 aromatic carbocycles. The second-order valence-corrected chi connectivity index (χ2v) is 7.23. The molecule has 1 aromatic heterocycles. The van der Waals surface area contributed by atoms with Crippen LogP contribution in [0.2, 0.25) is 10.0 Å². The molecular weight excluding hydrogens is 419 g/mol. The maximum atomic E-state index is 12.4. The summed E-state index contributed by atoms with van der Waals surface area (Å²) >= 11 is 17.3. The average Bonchev–Trinajstić information content (AvgIpc) is 3.04. The Labute approximate surface area is 177 Å². The first kappa shape index (κ1) is 20.4. The van der Waals surface area contributed by atoms with Crippen LogP contribution in [0.4, 0.5) is 0 Å².